The largest absolute Gasteiger partial charge is 0.361 e. The van der Waals surface area contributed by atoms with Gasteiger partial charge in [0.25, 0.3) is 0 Å². The Morgan fingerprint density at radius 3 is 2.57 bits per heavy atom. The molecular weight excluding hydrogens is 348 g/mol. The average Bonchev–Trinajstić information content (AvgIpc) is 3.21. The van der Waals surface area contributed by atoms with Crippen LogP contribution in [0.1, 0.15) is 41.7 Å². The Kier molecular flexibility index (Phi) is 4.08. The molecule has 3 aromatic rings. The molecule has 0 spiro atoms. The van der Waals surface area contributed by atoms with Gasteiger partial charge < -0.3 is 9.42 Å². The summed E-state index contributed by atoms with van der Waals surface area (Å²) >= 11 is 0. The smallest absolute Gasteiger partial charge is 0.234 e. The highest BCUT2D eigenvalue weighted by Gasteiger charge is 2.57. The summed E-state index contributed by atoms with van der Waals surface area (Å²) in [6.45, 7) is 3.62. The third kappa shape index (κ3) is 2.51. The van der Waals surface area contributed by atoms with Gasteiger partial charge in [0.15, 0.2) is 0 Å². The molecule has 1 aliphatic carbocycles. The summed E-state index contributed by atoms with van der Waals surface area (Å²) in [7, 11) is 0. The SMILES string of the molecule is C[C@@H]1c2oncc2C[C@]2(c3ccccc3)C(=O)N(Cc3ccccc3)CC[C@@H]12. The Labute approximate surface area is 165 Å². The predicted octanol–water partition coefficient (Wildman–Crippen LogP) is 4.32. The van der Waals surface area contributed by atoms with Crippen molar-refractivity contribution in [3.8, 4) is 0 Å². The molecule has 5 rings (SSSR count). The van der Waals surface area contributed by atoms with Crippen molar-refractivity contribution < 1.29 is 9.32 Å². The maximum Gasteiger partial charge on any atom is 0.234 e. The highest BCUT2D eigenvalue weighted by atomic mass is 16.5. The van der Waals surface area contributed by atoms with Crippen LogP contribution in [0.25, 0.3) is 0 Å². The molecule has 2 aliphatic rings. The number of nitrogens with zero attached hydrogens (tertiary/aromatic N) is 2. The van der Waals surface area contributed by atoms with Crippen molar-refractivity contribution in [2.45, 2.75) is 37.6 Å². The lowest BCUT2D eigenvalue weighted by atomic mass is 9.56. The number of piperidine rings is 1. The molecule has 4 heteroatoms. The van der Waals surface area contributed by atoms with Gasteiger partial charge in [0.05, 0.1) is 11.6 Å². The normalized spacial score (nSPS) is 26.6. The Bertz CT molecular complexity index is 982. The molecule has 0 unspecified atom stereocenters. The summed E-state index contributed by atoms with van der Waals surface area (Å²) in [5, 5.41) is 4.05. The summed E-state index contributed by atoms with van der Waals surface area (Å²) in [5.74, 6) is 1.59. The molecule has 0 saturated carbocycles. The molecule has 0 N–H and O–H groups in total. The third-order valence-electron chi connectivity index (χ3n) is 6.68. The molecule has 0 radical (unpaired) electrons. The van der Waals surface area contributed by atoms with E-state index in [0.29, 0.717) is 13.0 Å². The number of fused-ring (bicyclic) bond motifs is 2. The number of rotatable bonds is 3. The minimum Gasteiger partial charge on any atom is -0.361 e. The highest BCUT2D eigenvalue weighted by molar-refractivity contribution is 5.90. The van der Waals surface area contributed by atoms with Crippen molar-refractivity contribution in [3.63, 3.8) is 0 Å². The fourth-order valence-corrected chi connectivity index (χ4v) is 5.36. The lowest BCUT2D eigenvalue weighted by Gasteiger charge is -2.51. The van der Waals surface area contributed by atoms with Crippen molar-refractivity contribution in [1.82, 2.24) is 10.1 Å². The summed E-state index contributed by atoms with van der Waals surface area (Å²) in [6, 6.07) is 20.6. The van der Waals surface area contributed by atoms with Gasteiger partial charge in [0, 0.05) is 24.6 Å². The fourth-order valence-electron chi connectivity index (χ4n) is 5.36. The molecule has 1 aliphatic heterocycles. The van der Waals surface area contributed by atoms with Gasteiger partial charge in [-0.1, -0.05) is 72.7 Å². The van der Waals surface area contributed by atoms with Gasteiger partial charge in [-0.2, -0.15) is 0 Å². The first-order valence-electron chi connectivity index (χ1n) is 10.0. The summed E-state index contributed by atoms with van der Waals surface area (Å²) in [4.78, 5) is 16.1. The molecule has 1 fully saturated rings. The van der Waals surface area contributed by atoms with Crippen molar-refractivity contribution >= 4 is 5.91 Å². The Morgan fingerprint density at radius 2 is 1.82 bits per heavy atom. The van der Waals surface area contributed by atoms with E-state index in [0.717, 1.165) is 29.9 Å². The number of hydrogen-bond donors (Lipinski definition) is 0. The summed E-state index contributed by atoms with van der Waals surface area (Å²) < 4.78 is 5.58. The molecule has 0 bridgehead atoms. The van der Waals surface area contributed by atoms with Gasteiger partial charge in [-0.05, 0) is 29.9 Å². The molecule has 28 heavy (non-hydrogen) atoms. The second-order valence-corrected chi connectivity index (χ2v) is 8.13. The van der Waals surface area contributed by atoms with Gasteiger partial charge in [0.1, 0.15) is 5.76 Å². The van der Waals surface area contributed by atoms with Crippen LogP contribution in [0.2, 0.25) is 0 Å². The van der Waals surface area contributed by atoms with Crippen molar-refractivity contribution in [1.29, 1.82) is 0 Å². The fraction of sp³-hybridized carbons (Fsp3) is 0.333. The zero-order chi connectivity index (χ0) is 19.1. The maximum absolute atomic E-state index is 14.0. The molecule has 2 heterocycles. The van der Waals surface area contributed by atoms with Crippen molar-refractivity contribution in [2.24, 2.45) is 5.92 Å². The van der Waals surface area contributed by atoms with Crippen molar-refractivity contribution in [3.05, 3.63) is 89.3 Å². The molecule has 3 atom stereocenters. The molecule has 142 valence electrons. The highest BCUT2D eigenvalue weighted by Crippen LogP contribution is 2.53. The van der Waals surface area contributed by atoms with Crippen LogP contribution in [0.5, 0.6) is 0 Å². The van der Waals surface area contributed by atoms with Crippen LogP contribution in [0, 0.1) is 5.92 Å². The van der Waals surface area contributed by atoms with E-state index in [9.17, 15) is 4.79 Å². The quantitative estimate of drug-likeness (QED) is 0.688. The Morgan fingerprint density at radius 1 is 1.11 bits per heavy atom. The molecular formula is C24H24N2O2. The van der Waals surface area contributed by atoms with E-state index in [2.05, 4.69) is 36.3 Å². The van der Waals surface area contributed by atoms with Crippen LogP contribution in [0.15, 0.2) is 71.4 Å². The minimum atomic E-state index is -0.549. The zero-order valence-electron chi connectivity index (χ0n) is 16.0. The summed E-state index contributed by atoms with van der Waals surface area (Å²) in [5.41, 5.74) is 2.81. The van der Waals surface area contributed by atoms with Gasteiger partial charge >= 0.3 is 0 Å². The second-order valence-electron chi connectivity index (χ2n) is 8.13. The van der Waals surface area contributed by atoms with Gasteiger partial charge in [-0.3, -0.25) is 4.79 Å². The predicted molar refractivity (Wildman–Crippen MR) is 107 cm³/mol. The van der Waals surface area contributed by atoms with Gasteiger partial charge in [0.2, 0.25) is 5.91 Å². The van der Waals surface area contributed by atoms with E-state index in [1.54, 1.807) is 6.20 Å². The van der Waals surface area contributed by atoms with E-state index < -0.39 is 5.41 Å². The monoisotopic (exact) mass is 372 g/mol. The number of carbonyl (C=O) groups is 1. The van der Waals surface area contributed by atoms with Crippen LogP contribution in [0.3, 0.4) is 0 Å². The molecule has 1 amide bonds. The average molecular weight is 372 g/mol. The zero-order valence-corrected chi connectivity index (χ0v) is 16.0. The first-order valence-corrected chi connectivity index (χ1v) is 10.0. The van der Waals surface area contributed by atoms with E-state index in [1.807, 2.05) is 41.3 Å². The van der Waals surface area contributed by atoms with E-state index in [-0.39, 0.29) is 17.7 Å². The van der Waals surface area contributed by atoms with Gasteiger partial charge in [-0.25, -0.2) is 0 Å². The van der Waals surface area contributed by atoms with E-state index in [1.165, 1.54) is 5.56 Å². The first-order chi connectivity index (χ1) is 13.7. The van der Waals surface area contributed by atoms with Crippen LogP contribution in [-0.4, -0.2) is 22.5 Å². The number of benzene rings is 2. The third-order valence-corrected chi connectivity index (χ3v) is 6.68. The molecule has 1 aromatic heterocycles. The van der Waals surface area contributed by atoms with E-state index in [4.69, 9.17) is 4.52 Å². The minimum absolute atomic E-state index is 0.175. The van der Waals surface area contributed by atoms with Gasteiger partial charge in [-0.15, -0.1) is 0 Å². The van der Waals surface area contributed by atoms with Crippen LogP contribution >= 0.6 is 0 Å². The number of aromatic nitrogens is 1. The standard InChI is InChI=1S/C24H24N2O2/c1-17-21-12-13-26(16-18-8-4-2-5-9-18)23(27)24(21,20-10-6-3-7-11-20)14-19-15-25-28-22(17)19/h2-11,15,17,21H,12-14,16H2,1H3/t17-,21-,24+/m0/s1. The van der Waals surface area contributed by atoms with Crippen molar-refractivity contribution in [2.75, 3.05) is 6.54 Å². The lowest BCUT2D eigenvalue weighted by molar-refractivity contribution is -0.146. The second kappa shape index (κ2) is 6.62. The van der Waals surface area contributed by atoms with Crippen LogP contribution < -0.4 is 0 Å². The first kappa shape index (κ1) is 17.2. The lowest BCUT2D eigenvalue weighted by Crippen LogP contribution is -2.59. The van der Waals surface area contributed by atoms with Crippen LogP contribution in [0.4, 0.5) is 0 Å². The number of carbonyl (C=O) groups excluding carboxylic acids is 1. The van der Waals surface area contributed by atoms with E-state index >= 15 is 0 Å². The Hall–Kier alpha value is -2.88. The van der Waals surface area contributed by atoms with Crippen LogP contribution in [-0.2, 0) is 23.2 Å². The topological polar surface area (TPSA) is 46.3 Å². The number of amides is 1. The Balaban J connectivity index is 1.60. The summed E-state index contributed by atoms with van der Waals surface area (Å²) in [6.07, 6.45) is 3.43. The molecule has 4 nitrogen and oxygen atoms in total. The molecule has 1 saturated heterocycles. The number of hydrogen-bond acceptors (Lipinski definition) is 3. The number of likely N-dealkylation sites (tertiary alicyclic amines) is 1. The maximum atomic E-state index is 14.0. The molecule has 2 aromatic carbocycles.